The molecule has 2 atom stereocenters. The summed E-state index contributed by atoms with van der Waals surface area (Å²) in [6.07, 6.45) is 0.623. The normalized spacial score (nSPS) is 23.5. The predicted molar refractivity (Wildman–Crippen MR) is 275 cm³/mol. The fourth-order valence-corrected chi connectivity index (χ4v) is 13.8. The van der Waals surface area contributed by atoms with Gasteiger partial charge in [-0.25, -0.2) is 34.2 Å². The van der Waals surface area contributed by atoms with Crippen molar-refractivity contribution in [2.45, 2.75) is 170 Å². The number of para-hydroxylation sites is 1. The van der Waals surface area contributed by atoms with Gasteiger partial charge in [0.25, 0.3) is 5.91 Å². The number of imide groups is 1. The second kappa shape index (κ2) is 18.6. The molecule has 17 nitrogen and oxygen atoms in total. The Morgan fingerprint density at radius 3 is 2.01 bits per heavy atom. The number of esters is 1. The zero-order valence-electron chi connectivity index (χ0n) is 44.9. The molecule has 5 heterocycles. The van der Waals surface area contributed by atoms with Crippen LogP contribution >= 0.6 is 11.3 Å². The highest BCUT2D eigenvalue weighted by Crippen LogP contribution is 2.72. The van der Waals surface area contributed by atoms with Crippen molar-refractivity contribution in [1.82, 2.24) is 34.2 Å². The minimum atomic E-state index is -4.84. The van der Waals surface area contributed by atoms with Crippen LogP contribution in [0.3, 0.4) is 0 Å². The zero-order valence-corrected chi connectivity index (χ0v) is 45.7. The van der Waals surface area contributed by atoms with Crippen molar-refractivity contribution in [1.29, 1.82) is 0 Å². The molecular formula is C54H68F3N9O8S. The summed E-state index contributed by atoms with van der Waals surface area (Å²) in [7, 11) is 0. The Kier molecular flexibility index (Phi) is 13.3. The molecule has 4 aromatic heterocycles. The van der Waals surface area contributed by atoms with E-state index in [9.17, 15) is 32.3 Å². The number of pyridine rings is 1. The molecule has 0 saturated heterocycles. The number of benzene rings is 1. The number of amides is 3. The van der Waals surface area contributed by atoms with Gasteiger partial charge in [-0.2, -0.15) is 18.3 Å². The predicted octanol–water partition coefficient (Wildman–Crippen LogP) is 11.6. The number of imidazole rings is 1. The Labute approximate surface area is 438 Å². The van der Waals surface area contributed by atoms with E-state index in [0.717, 1.165) is 58.4 Å². The molecule has 404 valence electrons. The maximum Gasteiger partial charge on any atom is 0.449 e. The maximum absolute atomic E-state index is 14.5. The Morgan fingerprint density at radius 2 is 1.40 bits per heavy atom. The molecule has 1 aliphatic heterocycles. The lowest BCUT2D eigenvalue weighted by Crippen LogP contribution is -2.64. The molecule has 21 heteroatoms. The Bertz CT molecular complexity index is 2990. The van der Waals surface area contributed by atoms with Gasteiger partial charge < -0.3 is 28.4 Å². The van der Waals surface area contributed by atoms with Crippen LogP contribution in [0.25, 0.3) is 21.3 Å². The summed E-state index contributed by atoms with van der Waals surface area (Å²) >= 11 is 1.20. The summed E-state index contributed by atoms with van der Waals surface area (Å²) in [5.41, 5.74) is -1.20. The molecule has 3 amide bonds. The van der Waals surface area contributed by atoms with Crippen LogP contribution in [0.2, 0.25) is 0 Å². The number of halogens is 3. The van der Waals surface area contributed by atoms with Crippen LogP contribution in [-0.4, -0.2) is 100 Å². The first-order valence-electron chi connectivity index (χ1n) is 25.5. The highest BCUT2D eigenvalue weighted by Gasteiger charge is 2.66. The minimum absolute atomic E-state index is 0.00271. The summed E-state index contributed by atoms with van der Waals surface area (Å²) in [6.45, 7) is 22.7. The average Bonchev–Trinajstić information content (AvgIpc) is 3.96. The standard InChI is InChI=1S/C54H68F3N9O8S/c1-32-34(23-58-66(32)31-52-26-50(11)25-51(12,27-52)29-53(28-50,30-52)71-22-21-65(45(69)73-48(5,6)7)46(70)74-49(8,9)10)33-17-18-38(60-39(33)42(68)72-47(2,3)4)63-19-20-64-36(24-63)40(61-43(64)54(55,56)57)41(67)62-44-59-35-15-13-14-16-37(35)75-44/h13-18,23H,19-22,24-31H2,1-12H3,(H,59,62,67). The fourth-order valence-electron chi connectivity index (χ4n) is 13.0. The van der Waals surface area contributed by atoms with Gasteiger partial charge in [-0.3, -0.25) is 14.8 Å². The molecule has 4 fully saturated rings. The number of nitrogens with one attached hydrogen (secondary N) is 1. The molecule has 1 aromatic carbocycles. The van der Waals surface area contributed by atoms with E-state index in [1.54, 1.807) is 97.7 Å². The summed E-state index contributed by atoms with van der Waals surface area (Å²) < 4.78 is 71.3. The second-order valence-electron chi connectivity index (χ2n) is 24.9. The van der Waals surface area contributed by atoms with Crippen LogP contribution in [0.5, 0.6) is 0 Å². The average molecular weight is 1060 g/mol. The number of hydrogen-bond donors (Lipinski definition) is 1. The van der Waals surface area contributed by atoms with E-state index < -0.39 is 58.5 Å². The summed E-state index contributed by atoms with van der Waals surface area (Å²) in [5.74, 6) is -2.41. The van der Waals surface area contributed by atoms with Gasteiger partial charge in [0.2, 0.25) is 5.82 Å². The number of fused-ring (bicyclic) bond motifs is 2. The number of carbonyl (C=O) groups excluding carboxylic acids is 4. The van der Waals surface area contributed by atoms with Crippen LogP contribution in [-0.2, 0) is 44.8 Å². The van der Waals surface area contributed by atoms with Gasteiger partial charge in [0, 0.05) is 36.5 Å². The van der Waals surface area contributed by atoms with E-state index in [0.29, 0.717) is 29.0 Å². The highest BCUT2D eigenvalue weighted by molar-refractivity contribution is 7.22. The molecule has 0 spiro atoms. The van der Waals surface area contributed by atoms with Crippen molar-refractivity contribution in [2.24, 2.45) is 16.2 Å². The number of thiazole rings is 1. The molecule has 10 rings (SSSR count). The lowest BCUT2D eigenvalue weighted by atomic mass is 9.39. The largest absolute Gasteiger partial charge is 0.455 e. The molecule has 4 bridgehead atoms. The second-order valence-corrected chi connectivity index (χ2v) is 26.0. The van der Waals surface area contributed by atoms with Crippen molar-refractivity contribution in [3.8, 4) is 11.1 Å². The quantitative estimate of drug-likeness (QED) is 0.0974. The smallest absolute Gasteiger partial charge is 0.449 e. The van der Waals surface area contributed by atoms with Crippen LogP contribution in [0, 0.1) is 23.2 Å². The van der Waals surface area contributed by atoms with Crippen LogP contribution in [0.15, 0.2) is 42.6 Å². The molecule has 2 unspecified atom stereocenters. The summed E-state index contributed by atoms with van der Waals surface area (Å²) in [6, 6.07) is 10.7. The van der Waals surface area contributed by atoms with Crippen molar-refractivity contribution < 1.29 is 51.3 Å². The van der Waals surface area contributed by atoms with Crippen LogP contribution in [0.4, 0.5) is 33.7 Å². The highest BCUT2D eigenvalue weighted by atomic mass is 32.1. The fraction of sp³-hybridized carbons (Fsp3) is 0.593. The molecule has 75 heavy (non-hydrogen) atoms. The number of hydrogen-bond acceptors (Lipinski definition) is 14. The Hall–Kier alpha value is -6.09. The van der Waals surface area contributed by atoms with Crippen molar-refractivity contribution in [2.75, 3.05) is 29.9 Å². The summed E-state index contributed by atoms with van der Waals surface area (Å²) in [4.78, 5) is 70.6. The van der Waals surface area contributed by atoms with Crippen molar-refractivity contribution in [3.05, 3.63) is 71.2 Å². The van der Waals surface area contributed by atoms with E-state index in [1.807, 2.05) is 23.7 Å². The van der Waals surface area contributed by atoms with E-state index in [2.05, 4.69) is 29.1 Å². The first kappa shape index (κ1) is 53.7. The van der Waals surface area contributed by atoms with Gasteiger partial charge in [0.15, 0.2) is 16.5 Å². The Morgan fingerprint density at radius 1 is 0.760 bits per heavy atom. The van der Waals surface area contributed by atoms with Gasteiger partial charge in [-0.15, -0.1) is 0 Å². The maximum atomic E-state index is 14.5. The van der Waals surface area contributed by atoms with Crippen molar-refractivity contribution >= 4 is 56.6 Å². The lowest BCUT2D eigenvalue weighted by Gasteiger charge is -2.69. The SMILES string of the molecule is Cc1c(-c2ccc(N3CCn4c(C(F)(F)F)nc(C(=O)Nc5nc6ccccc6s5)c4C3)nc2C(=O)OC(C)(C)C)cnn1CC12CC3(C)CC(C)(C1)CC(OCCN(C(=O)OC(C)(C)C)C(=O)OC(C)(C)C)(C3)C2. The lowest BCUT2D eigenvalue weighted by molar-refractivity contribution is -0.248. The van der Waals surface area contributed by atoms with Gasteiger partial charge in [0.05, 0.1) is 47.4 Å². The third-order valence-electron chi connectivity index (χ3n) is 14.3. The monoisotopic (exact) mass is 1060 g/mol. The van der Waals surface area contributed by atoms with Crippen LogP contribution < -0.4 is 10.2 Å². The van der Waals surface area contributed by atoms with Gasteiger partial charge in [-0.05, 0) is 148 Å². The van der Waals surface area contributed by atoms with Crippen molar-refractivity contribution in [3.63, 3.8) is 0 Å². The molecular weight excluding hydrogens is 992 g/mol. The number of carbonyl (C=O) groups is 4. The van der Waals surface area contributed by atoms with Gasteiger partial charge >= 0.3 is 24.3 Å². The number of rotatable bonds is 11. The van der Waals surface area contributed by atoms with E-state index in [-0.39, 0.29) is 71.2 Å². The number of alkyl halides is 3. The first-order valence-corrected chi connectivity index (χ1v) is 26.3. The molecule has 0 radical (unpaired) electrons. The molecule has 5 aliphatic rings. The third-order valence-corrected chi connectivity index (χ3v) is 15.2. The van der Waals surface area contributed by atoms with E-state index in [1.165, 1.54) is 11.3 Å². The number of ether oxygens (including phenoxy) is 4. The first-order chi connectivity index (χ1) is 34.7. The van der Waals surface area contributed by atoms with Gasteiger partial charge in [0.1, 0.15) is 22.6 Å². The Balaban J connectivity index is 0.981. The molecule has 4 aliphatic carbocycles. The zero-order chi connectivity index (χ0) is 54.5. The minimum Gasteiger partial charge on any atom is -0.455 e. The molecule has 5 aromatic rings. The number of nitrogens with zero attached hydrogens (tertiary/aromatic N) is 8. The molecule has 1 N–H and O–H groups in total. The number of anilines is 2. The van der Waals surface area contributed by atoms with Gasteiger partial charge in [-0.1, -0.05) is 37.3 Å². The summed E-state index contributed by atoms with van der Waals surface area (Å²) in [5, 5.41) is 7.83. The van der Waals surface area contributed by atoms with E-state index in [4.69, 9.17) is 29.0 Å². The number of aromatic nitrogens is 6. The third kappa shape index (κ3) is 11.4. The molecule has 4 saturated carbocycles. The topological polar surface area (TPSA) is 185 Å². The van der Waals surface area contributed by atoms with E-state index >= 15 is 0 Å². The van der Waals surface area contributed by atoms with Crippen LogP contribution in [0.1, 0.15) is 153 Å².